The molecule has 1 N–H and O–H groups in total. The summed E-state index contributed by atoms with van der Waals surface area (Å²) in [5.74, 6) is 0.362. The molecule has 1 fully saturated rings. The van der Waals surface area contributed by atoms with Crippen LogP contribution in [-0.2, 0) is 6.42 Å². The first-order chi connectivity index (χ1) is 9.11. The number of hydrogen-bond donors (Lipinski definition) is 1. The number of likely N-dealkylation sites (N-methyl/N-ethyl adjacent to an activating group) is 1. The van der Waals surface area contributed by atoms with Crippen LogP contribution in [-0.4, -0.2) is 12.6 Å². The molecule has 0 spiro atoms. The molecule has 0 heterocycles. The molecule has 106 valence electrons. The maximum atomic E-state index is 13.8. The summed E-state index contributed by atoms with van der Waals surface area (Å²) < 4.78 is 26.7. The molecule has 0 amide bonds. The van der Waals surface area contributed by atoms with Crippen LogP contribution >= 0.6 is 0 Å². The van der Waals surface area contributed by atoms with Crippen LogP contribution in [0, 0.1) is 23.5 Å². The summed E-state index contributed by atoms with van der Waals surface area (Å²) >= 11 is 0. The van der Waals surface area contributed by atoms with Crippen LogP contribution in [0.5, 0.6) is 0 Å². The van der Waals surface area contributed by atoms with Crippen LogP contribution in [0.1, 0.15) is 38.7 Å². The molecule has 1 aromatic rings. The Labute approximate surface area is 114 Å². The molecule has 3 unspecified atom stereocenters. The van der Waals surface area contributed by atoms with E-state index in [0.717, 1.165) is 12.6 Å². The molecule has 0 bridgehead atoms. The van der Waals surface area contributed by atoms with Crippen molar-refractivity contribution in [3.63, 3.8) is 0 Å². The van der Waals surface area contributed by atoms with Gasteiger partial charge in [0.2, 0.25) is 0 Å². The fourth-order valence-electron chi connectivity index (χ4n) is 3.33. The Hall–Kier alpha value is -0.960. The van der Waals surface area contributed by atoms with Crippen molar-refractivity contribution in [3.05, 3.63) is 35.4 Å². The molecule has 3 heteroatoms. The standard InChI is InChI=1S/C16H23F2N/c1-3-19-16(14-6-4-5-11(14)2)9-12-7-8-13(17)10-15(12)18/h7-8,10-11,14,16,19H,3-6,9H2,1-2H3. The summed E-state index contributed by atoms with van der Waals surface area (Å²) in [5.41, 5.74) is 0.617. The van der Waals surface area contributed by atoms with E-state index in [2.05, 4.69) is 19.2 Å². The zero-order valence-electron chi connectivity index (χ0n) is 11.8. The maximum absolute atomic E-state index is 13.8. The molecular weight excluding hydrogens is 244 g/mol. The van der Waals surface area contributed by atoms with Gasteiger partial charge in [0, 0.05) is 12.1 Å². The van der Waals surface area contributed by atoms with Crippen molar-refractivity contribution in [1.82, 2.24) is 5.32 Å². The number of rotatable bonds is 5. The van der Waals surface area contributed by atoms with Crippen molar-refractivity contribution in [2.45, 2.75) is 45.6 Å². The average molecular weight is 267 g/mol. The second-order valence-corrected chi connectivity index (χ2v) is 5.68. The van der Waals surface area contributed by atoms with Gasteiger partial charge in [-0.2, -0.15) is 0 Å². The van der Waals surface area contributed by atoms with Crippen LogP contribution in [0.4, 0.5) is 8.78 Å². The first kappa shape index (κ1) is 14.4. The fourth-order valence-corrected chi connectivity index (χ4v) is 3.33. The van der Waals surface area contributed by atoms with Gasteiger partial charge in [-0.1, -0.05) is 32.8 Å². The van der Waals surface area contributed by atoms with Crippen LogP contribution in [0.2, 0.25) is 0 Å². The minimum atomic E-state index is -0.504. The van der Waals surface area contributed by atoms with Gasteiger partial charge in [0.15, 0.2) is 0 Å². The Balaban J connectivity index is 2.11. The topological polar surface area (TPSA) is 12.0 Å². The summed E-state index contributed by atoms with van der Waals surface area (Å²) in [6.07, 6.45) is 4.38. The summed E-state index contributed by atoms with van der Waals surface area (Å²) in [7, 11) is 0. The highest BCUT2D eigenvalue weighted by atomic mass is 19.1. The van der Waals surface area contributed by atoms with E-state index < -0.39 is 11.6 Å². The van der Waals surface area contributed by atoms with Crippen LogP contribution in [0.15, 0.2) is 18.2 Å². The lowest BCUT2D eigenvalue weighted by Gasteiger charge is -2.28. The number of nitrogens with one attached hydrogen (secondary N) is 1. The molecule has 1 aromatic carbocycles. The number of hydrogen-bond acceptors (Lipinski definition) is 1. The second kappa shape index (κ2) is 6.47. The summed E-state index contributed by atoms with van der Waals surface area (Å²) in [4.78, 5) is 0. The molecule has 0 aromatic heterocycles. The van der Waals surface area contributed by atoms with Crippen molar-refractivity contribution in [2.24, 2.45) is 11.8 Å². The molecule has 19 heavy (non-hydrogen) atoms. The molecule has 0 saturated heterocycles. The number of benzene rings is 1. The van der Waals surface area contributed by atoms with E-state index >= 15 is 0 Å². The maximum Gasteiger partial charge on any atom is 0.129 e. The van der Waals surface area contributed by atoms with Gasteiger partial charge in [-0.15, -0.1) is 0 Å². The van der Waals surface area contributed by atoms with Crippen molar-refractivity contribution < 1.29 is 8.78 Å². The Morgan fingerprint density at radius 1 is 1.32 bits per heavy atom. The molecule has 2 rings (SSSR count). The van der Waals surface area contributed by atoms with Crippen LogP contribution in [0.25, 0.3) is 0 Å². The first-order valence-electron chi connectivity index (χ1n) is 7.29. The second-order valence-electron chi connectivity index (χ2n) is 5.68. The molecule has 1 saturated carbocycles. The van der Waals surface area contributed by atoms with Crippen LogP contribution in [0.3, 0.4) is 0 Å². The SMILES string of the molecule is CCNC(Cc1ccc(F)cc1F)C1CCCC1C. The van der Waals surface area contributed by atoms with Crippen molar-refractivity contribution in [1.29, 1.82) is 0 Å². The molecule has 1 aliphatic carbocycles. The first-order valence-corrected chi connectivity index (χ1v) is 7.29. The highest BCUT2D eigenvalue weighted by Gasteiger charge is 2.30. The van der Waals surface area contributed by atoms with Gasteiger partial charge in [-0.05, 0) is 42.9 Å². The third kappa shape index (κ3) is 3.53. The van der Waals surface area contributed by atoms with E-state index in [1.165, 1.54) is 25.3 Å². The molecule has 1 nitrogen and oxygen atoms in total. The van der Waals surface area contributed by atoms with Crippen molar-refractivity contribution in [2.75, 3.05) is 6.54 Å². The summed E-state index contributed by atoms with van der Waals surface area (Å²) in [6.45, 7) is 5.24. The van der Waals surface area contributed by atoms with Gasteiger partial charge < -0.3 is 5.32 Å². The van der Waals surface area contributed by atoms with E-state index in [0.29, 0.717) is 29.9 Å². The van der Waals surface area contributed by atoms with Crippen molar-refractivity contribution >= 4 is 0 Å². The van der Waals surface area contributed by atoms with Gasteiger partial charge in [0.05, 0.1) is 0 Å². The minimum Gasteiger partial charge on any atom is -0.314 e. The summed E-state index contributed by atoms with van der Waals surface area (Å²) in [5, 5.41) is 3.48. The monoisotopic (exact) mass is 267 g/mol. The van der Waals surface area contributed by atoms with E-state index in [-0.39, 0.29) is 0 Å². The Morgan fingerprint density at radius 2 is 2.11 bits per heavy atom. The Kier molecular flexibility index (Phi) is 4.92. The largest absolute Gasteiger partial charge is 0.314 e. The average Bonchev–Trinajstić information content (AvgIpc) is 2.78. The number of halogens is 2. The lowest BCUT2D eigenvalue weighted by atomic mass is 9.86. The van der Waals surface area contributed by atoms with Gasteiger partial charge >= 0.3 is 0 Å². The van der Waals surface area contributed by atoms with Crippen molar-refractivity contribution in [3.8, 4) is 0 Å². The molecule has 0 aliphatic heterocycles. The molecular formula is C16H23F2N. The Morgan fingerprint density at radius 3 is 2.68 bits per heavy atom. The predicted octanol–water partition coefficient (Wildman–Crippen LogP) is 3.92. The highest BCUT2D eigenvalue weighted by Crippen LogP contribution is 2.35. The minimum absolute atomic E-state index is 0.294. The van der Waals surface area contributed by atoms with E-state index in [4.69, 9.17) is 0 Å². The predicted molar refractivity (Wildman–Crippen MR) is 74.0 cm³/mol. The lowest BCUT2D eigenvalue weighted by Crippen LogP contribution is -2.39. The van der Waals surface area contributed by atoms with Gasteiger partial charge in [0.1, 0.15) is 11.6 Å². The smallest absolute Gasteiger partial charge is 0.129 e. The molecule has 0 radical (unpaired) electrons. The quantitative estimate of drug-likeness (QED) is 0.852. The zero-order valence-corrected chi connectivity index (χ0v) is 11.8. The molecule has 1 aliphatic rings. The van der Waals surface area contributed by atoms with Crippen LogP contribution < -0.4 is 5.32 Å². The van der Waals surface area contributed by atoms with E-state index in [1.54, 1.807) is 6.07 Å². The molecule has 3 atom stereocenters. The summed E-state index contributed by atoms with van der Waals surface area (Å²) in [6, 6.07) is 4.20. The Bertz CT molecular complexity index is 419. The normalized spacial score (nSPS) is 24.6. The van der Waals surface area contributed by atoms with Gasteiger partial charge in [-0.3, -0.25) is 0 Å². The van der Waals surface area contributed by atoms with Gasteiger partial charge in [-0.25, -0.2) is 8.78 Å². The van der Waals surface area contributed by atoms with E-state index in [9.17, 15) is 8.78 Å². The zero-order chi connectivity index (χ0) is 13.8. The lowest BCUT2D eigenvalue weighted by molar-refractivity contribution is 0.296. The van der Waals surface area contributed by atoms with Gasteiger partial charge in [0.25, 0.3) is 0 Å². The third-order valence-corrected chi connectivity index (χ3v) is 4.37. The third-order valence-electron chi connectivity index (χ3n) is 4.37. The van der Waals surface area contributed by atoms with E-state index in [1.807, 2.05) is 0 Å². The fraction of sp³-hybridized carbons (Fsp3) is 0.625. The highest BCUT2D eigenvalue weighted by molar-refractivity contribution is 5.20.